The summed E-state index contributed by atoms with van der Waals surface area (Å²) in [4.78, 5) is 0. The van der Waals surface area contributed by atoms with E-state index in [0.29, 0.717) is 12.1 Å². The summed E-state index contributed by atoms with van der Waals surface area (Å²) in [6, 6.07) is 0. The highest BCUT2D eigenvalue weighted by molar-refractivity contribution is 9.12. The second-order valence-corrected chi connectivity index (χ2v) is 3.31. The lowest BCUT2D eigenvalue weighted by atomic mass is 10.0. The fourth-order valence-corrected chi connectivity index (χ4v) is 1.44. The highest BCUT2D eigenvalue weighted by Gasteiger charge is 2.14. The molecular formula is C7H6BrN3. The molecular weight excluding hydrogens is 206 g/mol. The molecule has 3 nitrogen and oxygen atoms in total. The van der Waals surface area contributed by atoms with Crippen LogP contribution in [0.1, 0.15) is 11.3 Å². The Hall–Kier alpha value is -0.900. The zero-order valence-corrected chi connectivity index (χ0v) is 7.27. The van der Waals surface area contributed by atoms with Crippen LogP contribution in [0.2, 0.25) is 0 Å². The van der Waals surface area contributed by atoms with Gasteiger partial charge < -0.3 is 5.41 Å². The molecule has 0 atom stereocenters. The van der Waals surface area contributed by atoms with Gasteiger partial charge in [-0.3, -0.25) is 5.10 Å². The van der Waals surface area contributed by atoms with E-state index in [1.165, 1.54) is 0 Å². The number of hydrogen-bond donors (Lipinski definition) is 2. The first-order chi connectivity index (χ1) is 5.27. The quantitative estimate of drug-likeness (QED) is 0.675. The Kier molecular flexibility index (Phi) is 1.42. The molecule has 0 unspecified atom stereocenters. The van der Waals surface area contributed by atoms with Gasteiger partial charge >= 0.3 is 0 Å². The first-order valence-corrected chi connectivity index (χ1v) is 4.04. The molecule has 56 valence electrons. The van der Waals surface area contributed by atoms with E-state index < -0.39 is 0 Å². The summed E-state index contributed by atoms with van der Waals surface area (Å²) in [5, 5.41) is 14.2. The van der Waals surface area contributed by atoms with Gasteiger partial charge in [-0.1, -0.05) is 0 Å². The molecule has 0 spiro atoms. The summed E-state index contributed by atoms with van der Waals surface area (Å²) < 4.78 is 0.842. The van der Waals surface area contributed by atoms with Gasteiger partial charge in [0.2, 0.25) is 0 Å². The predicted octanol–water partition coefficient (Wildman–Crippen LogP) is 1.72. The Bertz CT molecular complexity index is 337. The lowest BCUT2D eigenvalue weighted by molar-refractivity contribution is 1.08. The van der Waals surface area contributed by atoms with Gasteiger partial charge in [-0.15, -0.1) is 0 Å². The number of nitrogens with one attached hydrogen (secondary N) is 2. The van der Waals surface area contributed by atoms with Crippen molar-refractivity contribution < 1.29 is 0 Å². The maximum Gasteiger partial charge on any atom is 0.0625 e. The van der Waals surface area contributed by atoms with E-state index in [0.717, 1.165) is 15.7 Å². The van der Waals surface area contributed by atoms with Crippen LogP contribution in [0.4, 0.5) is 0 Å². The highest BCUT2D eigenvalue weighted by Crippen LogP contribution is 2.22. The Morgan fingerprint density at radius 3 is 3.27 bits per heavy atom. The first-order valence-electron chi connectivity index (χ1n) is 3.24. The number of rotatable bonds is 0. The predicted molar refractivity (Wildman–Crippen MR) is 46.9 cm³/mol. The number of nitrogens with zero attached hydrogens (tertiary/aromatic N) is 1. The van der Waals surface area contributed by atoms with Crippen molar-refractivity contribution in [1.82, 2.24) is 10.2 Å². The fraction of sp³-hybridized carbons (Fsp3) is 0.143. The molecule has 0 aliphatic heterocycles. The molecule has 0 bridgehead atoms. The van der Waals surface area contributed by atoms with E-state index in [-0.39, 0.29) is 0 Å². The Morgan fingerprint density at radius 2 is 2.45 bits per heavy atom. The fourth-order valence-electron chi connectivity index (χ4n) is 1.08. The third-order valence-electron chi connectivity index (χ3n) is 1.68. The lowest BCUT2D eigenvalue weighted by Crippen LogP contribution is -2.06. The number of aromatic nitrogens is 2. The molecule has 0 saturated carbocycles. The van der Waals surface area contributed by atoms with E-state index in [1.54, 1.807) is 6.20 Å². The molecule has 2 rings (SSSR count). The minimum atomic E-state index is 0.610. The molecule has 0 fully saturated rings. The van der Waals surface area contributed by atoms with Crippen molar-refractivity contribution in [3.63, 3.8) is 0 Å². The van der Waals surface area contributed by atoms with Gasteiger partial charge in [0.15, 0.2) is 0 Å². The molecule has 0 saturated heterocycles. The van der Waals surface area contributed by atoms with Gasteiger partial charge in [0, 0.05) is 16.5 Å². The SMILES string of the molecule is N=C1Cc2cn[nH]c2C=C1Br. The van der Waals surface area contributed by atoms with Gasteiger partial charge in [-0.05, 0) is 22.0 Å². The van der Waals surface area contributed by atoms with Crippen molar-refractivity contribution in [1.29, 1.82) is 5.41 Å². The van der Waals surface area contributed by atoms with Crippen LogP contribution in [0, 0.1) is 5.41 Å². The second-order valence-electron chi connectivity index (χ2n) is 2.46. The van der Waals surface area contributed by atoms with Crippen LogP contribution >= 0.6 is 15.9 Å². The maximum atomic E-state index is 7.51. The molecule has 0 amide bonds. The number of fused-ring (bicyclic) bond motifs is 1. The Labute approximate surface area is 72.1 Å². The molecule has 1 heterocycles. The normalized spacial score (nSPS) is 16.1. The molecule has 1 aromatic rings. The summed E-state index contributed by atoms with van der Waals surface area (Å²) in [6.45, 7) is 0. The zero-order chi connectivity index (χ0) is 7.84. The Balaban J connectivity index is 2.55. The van der Waals surface area contributed by atoms with Crippen molar-refractivity contribution in [2.75, 3.05) is 0 Å². The first kappa shape index (κ1) is 6.79. The average molecular weight is 212 g/mol. The van der Waals surface area contributed by atoms with Crippen molar-refractivity contribution in [2.45, 2.75) is 6.42 Å². The van der Waals surface area contributed by atoms with Gasteiger partial charge in [-0.25, -0.2) is 0 Å². The van der Waals surface area contributed by atoms with E-state index in [1.807, 2.05) is 6.08 Å². The number of aromatic amines is 1. The topological polar surface area (TPSA) is 52.5 Å². The standard InChI is InChI=1S/C7H6BrN3/c8-5-2-7-4(1-6(5)9)3-10-11-7/h2-3,9H,1H2,(H,10,11). The molecule has 1 aliphatic rings. The number of H-pyrrole nitrogens is 1. The third kappa shape index (κ3) is 1.03. The van der Waals surface area contributed by atoms with Crippen molar-refractivity contribution in [2.24, 2.45) is 0 Å². The molecule has 0 aromatic carbocycles. The minimum absolute atomic E-state index is 0.610. The number of hydrogen-bond acceptors (Lipinski definition) is 2. The molecule has 1 aliphatic carbocycles. The van der Waals surface area contributed by atoms with Crippen LogP contribution in [0.15, 0.2) is 10.7 Å². The molecule has 0 radical (unpaired) electrons. The molecule has 11 heavy (non-hydrogen) atoms. The van der Waals surface area contributed by atoms with E-state index in [9.17, 15) is 0 Å². The van der Waals surface area contributed by atoms with Crippen LogP contribution in [0.5, 0.6) is 0 Å². The smallest absolute Gasteiger partial charge is 0.0625 e. The second kappa shape index (κ2) is 2.30. The zero-order valence-electron chi connectivity index (χ0n) is 5.69. The largest absolute Gasteiger partial charge is 0.304 e. The summed E-state index contributed by atoms with van der Waals surface area (Å²) in [6.07, 6.45) is 4.32. The monoisotopic (exact) mass is 211 g/mol. The van der Waals surface area contributed by atoms with E-state index >= 15 is 0 Å². The highest BCUT2D eigenvalue weighted by atomic mass is 79.9. The third-order valence-corrected chi connectivity index (χ3v) is 2.39. The Morgan fingerprint density at radius 1 is 1.64 bits per heavy atom. The van der Waals surface area contributed by atoms with Crippen molar-refractivity contribution in [3.05, 3.63) is 21.9 Å². The van der Waals surface area contributed by atoms with Crippen molar-refractivity contribution >= 4 is 27.7 Å². The van der Waals surface area contributed by atoms with Gasteiger partial charge in [-0.2, -0.15) is 5.10 Å². The summed E-state index contributed by atoms with van der Waals surface area (Å²) >= 11 is 3.30. The van der Waals surface area contributed by atoms with Crippen molar-refractivity contribution in [3.8, 4) is 0 Å². The van der Waals surface area contributed by atoms with Crippen LogP contribution in [-0.4, -0.2) is 15.9 Å². The van der Waals surface area contributed by atoms with Crippen LogP contribution in [-0.2, 0) is 6.42 Å². The lowest BCUT2D eigenvalue weighted by Gasteiger charge is -2.07. The van der Waals surface area contributed by atoms with Gasteiger partial charge in [0.1, 0.15) is 0 Å². The molecule has 1 aromatic heterocycles. The molecule has 4 heteroatoms. The van der Waals surface area contributed by atoms with Crippen LogP contribution in [0.25, 0.3) is 6.08 Å². The van der Waals surface area contributed by atoms with E-state index in [4.69, 9.17) is 5.41 Å². The minimum Gasteiger partial charge on any atom is -0.304 e. The van der Waals surface area contributed by atoms with Crippen LogP contribution in [0.3, 0.4) is 0 Å². The number of allylic oxidation sites excluding steroid dienone is 1. The van der Waals surface area contributed by atoms with Crippen LogP contribution < -0.4 is 0 Å². The van der Waals surface area contributed by atoms with E-state index in [2.05, 4.69) is 26.1 Å². The van der Waals surface area contributed by atoms with Gasteiger partial charge in [0.25, 0.3) is 0 Å². The van der Waals surface area contributed by atoms with Gasteiger partial charge in [0.05, 0.1) is 17.6 Å². The average Bonchev–Trinajstić information content (AvgIpc) is 2.36. The maximum absolute atomic E-state index is 7.51. The summed E-state index contributed by atoms with van der Waals surface area (Å²) in [5.74, 6) is 0. The summed E-state index contributed by atoms with van der Waals surface area (Å²) in [7, 11) is 0. The summed E-state index contributed by atoms with van der Waals surface area (Å²) in [5.41, 5.74) is 2.71. The molecule has 2 N–H and O–H groups in total. The number of halogens is 1.